The van der Waals surface area contributed by atoms with Crippen molar-refractivity contribution in [3.63, 3.8) is 0 Å². The summed E-state index contributed by atoms with van der Waals surface area (Å²) in [5.41, 5.74) is 6.83. The zero-order valence-corrected chi connectivity index (χ0v) is 13.4. The van der Waals surface area contributed by atoms with Crippen LogP contribution in [0.3, 0.4) is 0 Å². The molecule has 102 valence electrons. The topological polar surface area (TPSA) is 35.2 Å². The minimum absolute atomic E-state index is 0.199. The first kappa shape index (κ1) is 13.9. The summed E-state index contributed by atoms with van der Waals surface area (Å²) in [7, 11) is -1.79. The number of anilines is 1. The minimum Gasteiger partial charge on any atom is -0.543 e. The van der Waals surface area contributed by atoms with E-state index in [4.69, 9.17) is 10.2 Å². The molecule has 0 atom stereocenters. The monoisotopic (exact) mass is 273 g/mol. The molecule has 0 aliphatic rings. The Morgan fingerprint density at radius 1 is 1.05 bits per heavy atom. The van der Waals surface area contributed by atoms with Gasteiger partial charge >= 0.3 is 0 Å². The molecule has 2 aromatic carbocycles. The lowest BCUT2D eigenvalue weighted by atomic mass is 10.1. The molecular weight excluding hydrogens is 250 g/mol. The SMILES string of the molecule is CC(C)(C)[Si](C)(C)Oc1ccc2cccc(N)c2c1. The lowest BCUT2D eigenvalue weighted by Gasteiger charge is -2.36. The van der Waals surface area contributed by atoms with Crippen molar-refractivity contribution < 1.29 is 4.43 Å². The number of nitrogen functional groups attached to an aromatic ring is 1. The molecule has 3 heteroatoms. The summed E-state index contributed by atoms with van der Waals surface area (Å²) in [5.74, 6) is 0.928. The van der Waals surface area contributed by atoms with Gasteiger partial charge < -0.3 is 10.2 Å². The summed E-state index contributed by atoms with van der Waals surface area (Å²) < 4.78 is 6.31. The van der Waals surface area contributed by atoms with E-state index in [0.717, 1.165) is 22.2 Å². The average Bonchev–Trinajstić information content (AvgIpc) is 2.28. The maximum Gasteiger partial charge on any atom is 0.250 e. The molecule has 0 aliphatic carbocycles. The van der Waals surface area contributed by atoms with Crippen molar-refractivity contribution in [3.8, 4) is 5.75 Å². The smallest absolute Gasteiger partial charge is 0.250 e. The van der Waals surface area contributed by atoms with E-state index in [-0.39, 0.29) is 5.04 Å². The highest BCUT2D eigenvalue weighted by Gasteiger charge is 2.38. The molecule has 2 nitrogen and oxygen atoms in total. The number of benzene rings is 2. The highest BCUT2D eigenvalue weighted by molar-refractivity contribution is 6.74. The van der Waals surface area contributed by atoms with E-state index in [1.54, 1.807) is 0 Å². The first-order chi connectivity index (χ1) is 8.71. The van der Waals surface area contributed by atoms with Crippen molar-refractivity contribution >= 4 is 24.8 Å². The standard InChI is InChI=1S/C16H23NOSi/c1-16(2,3)19(4,5)18-13-10-9-12-7-6-8-15(17)14(12)11-13/h6-11H,17H2,1-5H3. The molecule has 0 aromatic heterocycles. The highest BCUT2D eigenvalue weighted by atomic mass is 28.4. The largest absolute Gasteiger partial charge is 0.543 e. The Kier molecular flexibility index (Phi) is 3.35. The molecule has 19 heavy (non-hydrogen) atoms. The number of hydrogen-bond donors (Lipinski definition) is 1. The third-order valence-corrected chi connectivity index (χ3v) is 8.42. The van der Waals surface area contributed by atoms with Crippen LogP contribution in [0.25, 0.3) is 10.8 Å². The van der Waals surface area contributed by atoms with Crippen LogP contribution in [0.5, 0.6) is 5.75 Å². The van der Waals surface area contributed by atoms with Crippen LogP contribution in [0.2, 0.25) is 18.1 Å². The second-order valence-corrected chi connectivity index (χ2v) is 11.3. The van der Waals surface area contributed by atoms with Gasteiger partial charge in [-0.25, -0.2) is 0 Å². The van der Waals surface area contributed by atoms with Crippen LogP contribution in [0.15, 0.2) is 36.4 Å². The number of nitrogens with two attached hydrogens (primary N) is 1. The molecule has 0 saturated heterocycles. The fourth-order valence-corrected chi connectivity index (χ4v) is 2.81. The third-order valence-electron chi connectivity index (χ3n) is 4.07. The van der Waals surface area contributed by atoms with E-state index in [2.05, 4.69) is 52.1 Å². The molecule has 0 saturated carbocycles. The quantitative estimate of drug-likeness (QED) is 0.629. The van der Waals surface area contributed by atoms with Crippen molar-refractivity contribution in [2.45, 2.75) is 38.9 Å². The molecule has 0 fully saturated rings. The maximum absolute atomic E-state index is 6.31. The Morgan fingerprint density at radius 2 is 1.74 bits per heavy atom. The molecular formula is C16H23NOSi. The van der Waals surface area contributed by atoms with Gasteiger partial charge in [-0.05, 0) is 41.7 Å². The number of rotatable bonds is 2. The second kappa shape index (κ2) is 4.56. The van der Waals surface area contributed by atoms with E-state index < -0.39 is 8.32 Å². The summed E-state index contributed by atoms with van der Waals surface area (Å²) in [6, 6.07) is 12.2. The fraction of sp³-hybridized carbons (Fsp3) is 0.375. The van der Waals surface area contributed by atoms with Crippen LogP contribution in [-0.2, 0) is 0 Å². The van der Waals surface area contributed by atoms with Gasteiger partial charge in [0.1, 0.15) is 5.75 Å². The van der Waals surface area contributed by atoms with Gasteiger partial charge in [0.05, 0.1) is 0 Å². The Hall–Kier alpha value is -1.48. The number of fused-ring (bicyclic) bond motifs is 1. The van der Waals surface area contributed by atoms with E-state index in [0.29, 0.717) is 0 Å². The minimum atomic E-state index is -1.79. The van der Waals surface area contributed by atoms with Gasteiger partial charge in [-0.15, -0.1) is 0 Å². The Morgan fingerprint density at radius 3 is 2.37 bits per heavy atom. The lowest BCUT2D eigenvalue weighted by Crippen LogP contribution is -2.43. The van der Waals surface area contributed by atoms with Crippen molar-refractivity contribution in [3.05, 3.63) is 36.4 Å². The van der Waals surface area contributed by atoms with Crippen LogP contribution in [0.1, 0.15) is 20.8 Å². The zero-order valence-electron chi connectivity index (χ0n) is 12.4. The van der Waals surface area contributed by atoms with Crippen molar-refractivity contribution in [2.75, 3.05) is 5.73 Å². The van der Waals surface area contributed by atoms with Gasteiger partial charge in [-0.2, -0.15) is 0 Å². The molecule has 0 unspecified atom stereocenters. The van der Waals surface area contributed by atoms with Gasteiger partial charge in [0.2, 0.25) is 8.32 Å². The highest BCUT2D eigenvalue weighted by Crippen LogP contribution is 2.38. The molecule has 0 bridgehead atoms. The number of hydrogen-bond acceptors (Lipinski definition) is 2. The van der Waals surface area contributed by atoms with Crippen LogP contribution in [0, 0.1) is 0 Å². The van der Waals surface area contributed by atoms with Gasteiger partial charge in [0, 0.05) is 11.1 Å². The molecule has 0 spiro atoms. The van der Waals surface area contributed by atoms with Crippen LogP contribution < -0.4 is 10.2 Å². The molecule has 0 radical (unpaired) electrons. The van der Waals surface area contributed by atoms with Gasteiger partial charge in [0.25, 0.3) is 0 Å². The van der Waals surface area contributed by atoms with E-state index in [1.165, 1.54) is 0 Å². The first-order valence-corrected chi connectivity index (χ1v) is 9.59. The van der Waals surface area contributed by atoms with E-state index in [1.807, 2.05) is 18.2 Å². The average molecular weight is 273 g/mol. The van der Waals surface area contributed by atoms with Crippen molar-refractivity contribution in [2.24, 2.45) is 0 Å². The van der Waals surface area contributed by atoms with Crippen LogP contribution in [-0.4, -0.2) is 8.32 Å². The van der Waals surface area contributed by atoms with E-state index in [9.17, 15) is 0 Å². The second-order valence-electron chi connectivity index (χ2n) is 6.59. The van der Waals surface area contributed by atoms with Crippen molar-refractivity contribution in [1.29, 1.82) is 0 Å². The predicted molar refractivity (Wildman–Crippen MR) is 86.2 cm³/mol. The predicted octanol–water partition coefficient (Wildman–Crippen LogP) is 4.81. The van der Waals surface area contributed by atoms with Gasteiger partial charge in [-0.3, -0.25) is 0 Å². The molecule has 2 N–H and O–H groups in total. The molecule has 2 rings (SSSR count). The molecule has 0 aliphatic heterocycles. The van der Waals surface area contributed by atoms with Crippen LogP contribution >= 0.6 is 0 Å². The summed E-state index contributed by atoms with van der Waals surface area (Å²) in [6.07, 6.45) is 0. The summed E-state index contributed by atoms with van der Waals surface area (Å²) in [6.45, 7) is 11.2. The van der Waals surface area contributed by atoms with Crippen molar-refractivity contribution in [1.82, 2.24) is 0 Å². The Bertz CT molecular complexity index is 599. The third kappa shape index (κ3) is 2.76. The summed E-state index contributed by atoms with van der Waals surface area (Å²) in [5, 5.41) is 2.42. The maximum atomic E-state index is 6.31. The van der Waals surface area contributed by atoms with E-state index >= 15 is 0 Å². The first-order valence-electron chi connectivity index (χ1n) is 6.68. The lowest BCUT2D eigenvalue weighted by molar-refractivity contribution is 0.493. The molecule has 2 aromatic rings. The zero-order chi connectivity index (χ0) is 14.3. The fourth-order valence-electron chi connectivity index (χ4n) is 1.79. The Labute approximate surface area is 116 Å². The summed E-state index contributed by atoms with van der Waals surface area (Å²) >= 11 is 0. The van der Waals surface area contributed by atoms with Crippen LogP contribution in [0.4, 0.5) is 5.69 Å². The molecule has 0 heterocycles. The molecule has 0 amide bonds. The normalized spacial score (nSPS) is 12.7. The summed E-state index contributed by atoms with van der Waals surface area (Å²) in [4.78, 5) is 0. The van der Waals surface area contributed by atoms with Gasteiger partial charge in [-0.1, -0.05) is 39.0 Å². The Balaban J connectivity index is 2.40. The van der Waals surface area contributed by atoms with Gasteiger partial charge in [0.15, 0.2) is 0 Å².